The second-order valence-electron chi connectivity index (χ2n) is 23.4. The van der Waals surface area contributed by atoms with Gasteiger partial charge in [0.15, 0.2) is 46.6 Å². The van der Waals surface area contributed by atoms with E-state index in [2.05, 4.69) is 188 Å². The molecule has 0 radical (unpaired) electrons. The maximum Gasteiger partial charge on any atom is 0.163 e. The zero-order valence-corrected chi connectivity index (χ0v) is 55.7. The van der Waals surface area contributed by atoms with Gasteiger partial charge in [0, 0.05) is 44.5 Å². The minimum atomic E-state index is 0.689. The standard InChI is InChI=1S/C28H21N3.2C22H17N3.C16H13N3/c1-20-29-27(25-16-12-23(13-17-25)21-8-4-2-5-9-21)31-28(30-20)26-18-14-24(15-19-26)22-10-6-3-7-11-22;1-16-23-21(18-11-6-3-7-12-18)25-22(24-16)20-14-8-13-19(15-20)17-9-4-2-5-10-17;1-16-23-21(19-10-6-3-7-11-19)25-22(24-16)20-14-12-18(13-15-20)17-8-4-2-5-9-17;1-12-17-15(13-8-4-2-5-9-13)19-16(18-12)14-10-6-3-7-11-14/h2-19H,1H3;2*2-15H,1H3;2-11H,1H3. The van der Waals surface area contributed by atoms with Gasteiger partial charge >= 0.3 is 0 Å². The molecule has 0 aliphatic heterocycles. The predicted octanol–water partition coefficient (Wildman–Crippen LogP) is 20.7. The van der Waals surface area contributed by atoms with E-state index in [9.17, 15) is 0 Å². The Bertz CT molecular complexity index is 5120. The largest absolute Gasteiger partial charge is 0.213 e. The number of hydrogen-bond donors (Lipinski definition) is 0. The fourth-order valence-electron chi connectivity index (χ4n) is 11.1. The molecule has 12 nitrogen and oxygen atoms in total. The average molecular weight is 1290 g/mol. The highest BCUT2D eigenvalue weighted by molar-refractivity contribution is 5.74. The Balaban J connectivity index is 0.000000121. The number of aryl methyl sites for hydroxylation is 4. The molecule has 0 atom stereocenters. The quantitative estimate of drug-likeness (QED) is 0.114. The Morgan fingerprint density at radius 3 is 0.480 bits per heavy atom. The first-order chi connectivity index (χ1) is 49.2. The molecule has 100 heavy (non-hydrogen) atoms. The molecule has 0 saturated heterocycles. The zero-order chi connectivity index (χ0) is 68.2. The molecule has 0 aliphatic rings. The van der Waals surface area contributed by atoms with E-state index >= 15 is 0 Å². The number of benzene rings is 12. The van der Waals surface area contributed by atoms with Gasteiger partial charge in [-0.3, -0.25) is 0 Å². The molecule has 4 aromatic heterocycles. The lowest BCUT2D eigenvalue weighted by molar-refractivity contribution is 0.991. The van der Waals surface area contributed by atoms with Crippen molar-refractivity contribution in [1.82, 2.24) is 59.8 Å². The first kappa shape index (κ1) is 65.3. The predicted molar refractivity (Wildman–Crippen MR) is 403 cm³/mol. The summed E-state index contributed by atoms with van der Waals surface area (Å²) >= 11 is 0. The van der Waals surface area contributed by atoms with Gasteiger partial charge in [0.25, 0.3) is 0 Å². The van der Waals surface area contributed by atoms with Gasteiger partial charge in [0.2, 0.25) is 0 Å². The molecule has 0 aliphatic carbocycles. The molecule has 0 fully saturated rings. The highest BCUT2D eigenvalue weighted by atomic mass is 15.1. The average Bonchev–Trinajstić information content (AvgIpc) is 0.843. The molecule has 0 saturated carbocycles. The van der Waals surface area contributed by atoms with E-state index in [-0.39, 0.29) is 0 Å². The van der Waals surface area contributed by atoms with Crippen LogP contribution in [0.3, 0.4) is 0 Å². The van der Waals surface area contributed by atoms with Crippen molar-refractivity contribution in [1.29, 1.82) is 0 Å². The van der Waals surface area contributed by atoms with Crippen molar-refractivity contribution >= 4 is 0 Å². The highest BCUT2D eigenvalue weighted by Crippen LogP contribution is 2.30. The summed E-state index contributed by atoms with van der Waals surface area (Å²) in [5, 5.41) is 0. The van der Waals surface area contributed by atoms with Crippen molar-refractivity contribution in [2.45, 2.75) is 27.7 Å². The minimum absolute atomic E-state index is 0.689. The van der Waals surface area contributed by atoms with Crippen LogP contribution < -0.4 is 0 Å². The Kier molecular flexibility index (Phi) is 20.9. The van der Waals surface area contributed by atoms with Crippen LogP contribution in [0.5, 0.6) is 0 Å². The second-order valence-corrected chi connectivity index (χ2v) is 23.4. The SMILES string of the molecule is Cc1nc(-c2ccc(-c3ccccc3)cc2)nc(-c2ccc(-c3ccccc3)cc2)n1.Cc1nc(-c2ccccc2)nc(-c2ccc(-c3ccccc3)cc2)n1.Cc1nc(-c2ccccc2)nc(-c2cccc(-c3ccccc3)c2)n1.Cc1nc(-c2ccccc2)nc(-c2ccccc2)n1. The van der Waals surface area contributed by atoms with Crippen molar-refractivity contribution in [3.8, 4) is 136 Å². The summed E-state index contributed by atoms with van der Waals surface area (Å²) in [5.41, 5.74) is 17.4. The van der Waals surface area contributed by atoms with E-state index in [0.29, 0.717) is 58.2 Å². The van der Waals surface area contributed by atoms with Crippen molar-refractivity contribution in [2.24, 2.45) is 0 Å². The summed E-state index contributed by atoms with van der Waals surface area (Å²) in [5.74, 6) is 8.48. The second kappa shape index (κ2) is 31.9. The van der Waals surface area contributed by atoms with Gasteiger partial charge in [0.1, 0.15) is 23.3 Å². The minimum Gasteiger partial charge on any atom is -0.213 e. The molecule has 0 spiro atoms. The maximum atomic E-state index is 4.76. The molecule has 0 amide bonds. The Morgan fingerprint density at radius 2 is 0.260 bits per heavy atom. The van der Waals surface area contributed by atoms with Gasteiger partial charge in [-0.2, -0.15) is 0 Å². The third-order valence-electron chi connectivity index (χ3n) is 16.1. The first-order valence-corrected chi connectivity index (χ1v) is 32.9. The van der Waals surface area contributed by atoms with Crippen molar-refractivity contribution < 1.29 is 0 Å². The topological polar surface area (TPSA) is 155 Å². The third kappa shape index (κ3) is 17.0. The van der Waals surface area contributed by atoms with Crippen LogP contribution in [-0.2, 0) is 0 Å². The van der Waals surface area contributed by atoms with Crippen LogP contribution in [-0.4, -0.2) is 59.8 Å². The van der Waals surface area contributed by atoms with E-state index in [1.165, 1.54) is 38.9 Å². The van der Waals surface area contributed by atoms with Gasteiger partial charge in [-0.25, -0.2) is 59.8 Å². The molecular formula is C88H68N12. The summed E-state index contributed by atoms with van der Waals surface area (Å²) < 4.78 is 0. The molecule has 12 aromatic carbocycles. The molecule has 16 aromatic rings. The molecular weight excluding hydrogens is 1230 g/mol. The maximum absolute atomic E-state index is 4.76. The number of hydrogen-bond acceptors (Lipinski definition) is 12. The van der Waals surface area contributed by atoms with Gasteiger partial charge in [-0.1, -0.05) is 334 Å². The Morgan fingerprint density at radius 1 is 0.120 bits per heavy atom. The molecule has 12 heteroatoms. The fraction of sp³-hybridized carbons (Fsp3) is 0.0455. The van der Waals surface area contributed by atoms with Gasteiger partial charge < -0.3 is 0 Å². The van der Waals surface area contributed by atoms with E-state index in [0.717, 1.165) is 61.7 Å². The van der Waals surface area contributed by atoms with Crippen LogP contribution in [0.15, 0.2) is 340 Å². The van der Waals surface area contributed by atoms with Gasteiger partial charge in [-0.05, 0) is 78.3 Å². The molecule has 0 N–H and O–H groups in total. The van der Waals surface area contributed by atoms with Crippen LogP contribution >= 0.6 is 0 Å². The number of rotatable bonds is 12. The lowest BCUT2D eigenvalue weighted by Gasteiger charge is -2.08. The van der Waals surface area contributed by atoms with E-state index in [1.807, 2.05) is 234 Å². The summed E-state index contributed by atoms with van der Waals surface area (Å²) in [7, 11) is 0. The molecule has 480 valence electrons. The van der Waals surface area contributed by atoms with Crippen LogP contribution in [0.25, 0.3) is 136 Å². The third-order valence-corrected chi connectivity index (χ3v) is 16.1. The molecule has 0 unspecified atom stereocenters. The summed E-state index contributed by atoms with van der Waals surface area (Å²) in [6.07, 6.45) is 0. The lowest BCUT2D eigenvalue weighted by atomic mass is 10.0. The zero-order valence-electron chi connectivity index (χ0n) is 55.7. The van der Waals surface area contributed by atoms with Crippen molar-refractivity contribution in [2.75, 3.05) is 0 Å². The summed E-state index contributed by atoms with van der Waals surface area (Å²) in [4.78, 5) is 54.6. The number of nitrogens with zero attached hydrogens (tertiary/aromatic N) is 12. The lowest BCUT2D eigenvalue weighted by Crippen LogP contribution is -1.99. The van der Waals surface area contributed by atoms with Crippen LogP contribution in [0.4, 0.5) is 0 Å². The first-order valence-electron chi connectivity index (χ1n) is 32.9. The Hall–Kier alpha value is -13.3. The van der Waals surface area contributed by atoms with E-state index in [1.54, 1.807) is 0 Å². The normalized spacial score (nSPS) is 10.6. The van der Waals surface area contributed by atoms with Gasteiger partial charge in [-0.15, -0.1) is 0 Å². The molecule has 4 heterocycles. The molecule has 16 rings (SSSR count). The van der Waals surface area contributed by atoms with E-state index < -0.39 is 0 Å². The van der Waals surface area contributed by atoms with Crippen molar-refractivity contribution in [3.63, 3.8) is 0 Å². The molecule has 0 bridgehead atoms. The van der Waals surface area contributed by atoms with E-state index in [4.69, 9.17) is 4.98 Å². The van der Waals surface area contributed by atoms with Crippen LogP contribution in [0.1, 0.15) is 23.3 Å². The van der Waals surface area contributed by atoms with Crippen LogP contribution in [0.2, 0.25) is 0 Å². The van der Waals surface area contributed by atoms with Crippen molar-refractivity contribution in [3.05, 3.63) is 363 Å². The summed E-state index contributed by atoms with van der Waals surface area (Å²) in [6, 6.07) is 115. The van der Waals surface area contributed by atoms with Crippen LogP contribution in [0, 0.1) is 27.7 Å². The monoisotopic (exact) mass is 1290 g/mol. The smallest absolute Gasteiger partial charge is 0.163 e. The Labute approximate surface area is 582 Å². The highest BCUT2D eigenvalue weighted by Gasteiger charge is 2.14. The fourth-order valence-corrected chi connectivity index (χ4v) is 11.1. The number of aromatic nitrogens is 12. The van der Waals surface area contributed by atoms with Gasteiger partial charge in [0.05, 0.1) is 0 Å². The summed E-state index contributed by atoms with van der Waals surface area (Å²) in [6.45, 7) is 7.60.